The van der Waals surface area contributed by atoms with Crippen molar-refractivity contribution >= 4 is 11.6 Å². The molecule has 0 unspecified atom stereocenters. The number of hydrogen-bond donors (Lipinski definition) is 0. The smallest absolute Gasteiger partial charge is 0.432 e. The van der Waals surface area contributed by atoms with Crippen LogP contribution in [-0.2, 0) is 9.47 Å². The Labute approximate surface area is 88.6 Å². The van der Waals surface area contributed by atoms with E-state index >= 15 is 0 Å². The number of alkyl halides is 6. The second-order valence-electron chi connectivity index (χ2n) is 2.68. The summed E-state index contributed by atoms with van der Waals surface area (Å²) in [5.74, 6) is -6.47. The predicted molar refractivity (Wildman–Crippen MR) is 35.9 cm³/mol. The van der Waals surface area contributed by atoms with Crippen molar-refractivity contribution in [2.24, 2.45) is 0 Å². The van der Waals surface area contributed by atoms with Gasteiger partial charge in [-0.25, -0.2) is 4.39 Å². The fourth-order valence-electron chi connectivity index (χ4n) is 0.873. The molecule has 0 radical (unpaired) electrons. The SMILES string of the molecule is FC1=C(Cl)OC(C(F)(F)F)(C(F)(F)F)OC1. The zero-order chi connectivity index (χ0) is 12.8. The Morgan fingerprint density at radius 1 is 1.06 bits per heavy atom. The van der Waals surface area contributed by atoms with Crippen LogP contribution in [0.5, 0.6) is 0 Å². The van der Waals surface area contributed by atoms with Gasteiger partial charge in [-0.3, -0.25) is 0 Å². The van der Waals surface area contributed by atoms with E-state index < -0.39 is 35.8 Å². The first-order valence-corrected chi connectivity index (χ1v) is 3.89. The van der Waals surface area contributed by atoms with Gasteiger partial charge in [-0.15, -0.1) is 0 Å². The summed E-state index contributed by atoms with van der Waals surface area (Å²) in [5, 5.41) is -1.62. The van der Waals surface area contributed by atoms with E-state index in [9.17, 15) is 30.7 Å². The molecule has 94 valence electrons. The van der Waals surface area contributed by atoms with E-state index in [2.05, 4.69) is 9.47 Å². The molecule has 0 aromatic carbocycles. The molecule has 0 spiro atoms. The fourth-order valence-corrected chi connectivity index (χ4v) is 1.04. The van der Waals surface area contributed by atoms with Gasteiger partial charge in [0.25, 0.3) is 0 Å². The molecule has 0 saturated carbocycles. The van der Waals surface area contributed by atoms with E-state index in [1.807, 2.05) is 0 Å². The average molecular weight is 275 g/mol. The number of hydrogen-bond acceptors (Lipinski definition) is 2. The maximum Gasteiger partial charge on any atom is 0.465 e. The van der Waals surface area contributed by atoms with E-state index in [1.54, 1.807) is 0 Å². The van der Waals surface area contributed by atoms with Crippen molar-refractivity contribution in [3.63, 3.8) is 0 Å². The molecule has 0 amide bonds. The molecule has 0 aliphatic carbocycles. The van der Waals surface area contributed by atoms with Crippen molar-refractivity contribution in [2.45, 2.75) is 18.1 Å². The molecule has 1 aliphatic heterocycles. The minimum absolute atomic E-state index is 1.55. The minimum Gasteiger partial charge on any atom is -0.432 e. The summed E-state index contributed by atoms with van der Waals surface area (Å²) in [4.78, 5) is 0. The molecule has 0 N–H and O–H groups in total. The molecule has 0 atom stereocenters. The molecule has 1 heterocycles. The van der Waals surface area contributed by atoms with Crippen LogP contribution in [0, 0.1) is 0 Å². The quantitative estimate of drug-likeness (QED) is 0.631. The third kappa shape index (κ3) is 1.93. The van der Waals surface area contributed by atoms with Crippen LogP contribution < -0.4 is 0 Å². The number of ether oxygens (including phenoxy) is 2. The van der Waals surface area contributed by atoms with Crippen molar-refractivity contribution < 1.29 is 40.2 Å². The van der Waals surface area contributed by atoms with E-state index in [-0.39, 0.29) is 0 Å². The molecule has 0 aromatic heterocycles. The van der Waals surface area contributed by atoms with Gasteiger partial charge in [0.2, 0.25) is 5.22 Å². The summed E-state index contributed by atoms with van der Waals surface area (Å²) in [6.45, 7) is -1.57. The Balaban J connectivity index is 3.21. The Kier molecular flexibility index (Phi) is 3.05. The molecule has 0 bridgehead atoms. The van der Waals surface area contributed by atoms with Gasteiger partial charge in [0.1, 0.15) is 6.61 Å². The summed E-state index contributed by atoms with van der Waals surface area (Å²) >= 11 is 4.77. The monoisotopic (exact) mass is 274 g/mol. The molecule has 2 nitrogen and oxygen atoms in total. The van der Waals surface area contributed by atoms with Crippen LogP contribution in [-0.4, -0.2) is 24.7 Å². The van der Waals surface area contributed by atoms with Gasteiger partial charge in [-0.1, -0.05) is 0 Å². The Morgan fingerprint density at radius 2 is 1.50 bits per heavy atom. The first-order valence-electron chi connectivity index (χ1n) is 3.52. The first-order chi connectivity index (χ1) is 7.01. The fraction of sp³-hybridized carbons (Fsp3) is 0.667. The van der Waals surface area contributed by atoms with Crippen LogP contribution in [0.15, 0.2) is 11.0 Å². The van der Waals surface area contributed by atoms with Crippen LogP contribution in [0.4, 0.5) is 30.7 Å². The average Bonchev–Trinajstić information content (AvgIpc) is 2.05. The summed E-state index contributed by atoms with van der Waals surface area (Å²) in [6, 6.07) is 0. The van der Waals surface area contributed by atoms with Crippen LogP contribution in [0.2, 0.25) is 0 Å². The highest BCUT2D eigenvalue weighted by atomic mass is 35.5. The standard InChI is InChI=1S/C6H2ClF7O2/c7-3-2(8)1-15-4(16-3,5(9,10)11)6(12,13)14/h1H2. The van der Waals surface area contributed by atoms with Crippen molar-refractivity contribution in [2.75, 3.05) is 6.61 Å². The lowest BCUT2D eigenvalue weighted by Gasteiger charge is -2.38. The van der Waals surface area contributed by atoms with Crippen molar-refractivity contribution in [1.82, 2.24) is 0 Å². The highest BCUT2D eigenvalue weighted by Gasteiger charge is 2.77. The lowest BCUT2D eigenvalue weighted by atomic mass is 10.2. The second-order valence-corrected chi connectivity index (χ2v) is 3.02. The van der Waals surface area contributed by atoms with Crippen molar-refractivity contribution in [1.29, 1.82) is 0 Å². The highest BCUT2D eigenvalue weighted by molar-refractivity contribution is 6.28. The van der Waals surface area contributed by atoms with Gasteiger partial charge in [-0.05, 0) is 11.6 Å². The minimum atomic E-state index is -5.94. The van der Waals surface area contributed by atoms with Gasteiger partial charge in [-0.2, -0.15) is 26.3 Å². The molecule has 10 heteroatoms. The number of rotatable bonds is 0. The topological polar surface area (TPSA) is 18.5 Å². The van der Waals surface area contributed by atoms with Gasteiger partial charge < -0.3 is 9.47 Å². The van der Waals surface area contributed by atoms with E-state index in [0.717, 1.165) is 0 Å². The molecular weight excluding hydrogens is 273 g/mol. The van der Waals surface area contributed by atoms with Crippen LogP contribution >= 0.6 is 11.6 Å². The van der Waals surface area contributed by atoms with E-state index in [4.69, 9.17) is 11.6 Å². The molecule has 0 fully saturated rings. The predicted octanol–water partition coefficient (Wildman–Crippen LogP) is 3.23. The van der Waals surface area contributed by atoms with Crippen LogP contribution in [0.1, 0.15) is 0 Å². The van der Waals surface area contributed by atoms with Gasteiger partial charge in [0, 0.05) is 0 Å². The number of halogens is 8. The maximum absolute atomic E-state index is 12.5. The largest absolute Gasteiger partial charge is 0.465 e. The lowest BCUT2D eigenvalue weighted by Crippen LogP contribution is -2.61. The normalized spacial score (nSPS) is 22.0. The van der Waals surface area contributed by atoms with Gasteiger partial charge >= 0.3 is 18.1 Å². The Hall–Kier alpha value is -0.700. The van der Waals surface area contributed by atoms with Crippen molar-refractivity contribution in [3.8, 4) is 0 Å². The zero-order valence-corrected chi connectivity index (χ0v) is 7.80. The summed E-state index contributed by atoms with van der Waals surface area (Å²) in [7, 11) is 0. The molecule has 0 saturated heterocycles. The third-order valence-corrected chi connectivity index (χ3v) is 1.88. The zero-order valence-electron chi connectivity index (χ0n) is 7.05. The maximum atomic E-state index is 12.5. The van der Waals surface area contributed by atoms with Crippen molar-refractivity contribution in [3.05, 3.63) is 11.0 Å². The lowest BCUT2D eigenvalue weighted by molar-refractivity contribution is -0.462. The highest BCUT2D eigenvalue weighted by Crippen LogP contribution is 2.50. The first kappa shape index (κ1) is 13.4. The molecule has 1 aliphatic rings. The van der Waals surface area contributed by atoms with E-state index in [0.29, 0.717) is 0 Å². The summed E-state index contributed by atoms with van der Waals surface area (Å²) < 4.78 is 92.5. The van der Waals surface area contributed by atoms with Crippen LogP contribution in [0.25, 0.3) is 0 Å². The second kappa shape index (κ2) is 3.66. The Bertz CT molecular complexity index is 304. The summed E-state index contributed by atoms with van der Waals surface area (Å²) in [6.07, 6.45) is -11.9. The summed E-state index contributed by atoms with van der Waals surface area (Å²) in [5.41, 5.74) is 0. The van der Waals surface area contributed by atoms with Gasteiger partial charge in [0.15, 0.2) is 5.83 Å². The molecule has 0 aromatic rings. The molecule has 16 heavy (non-hydrogen) atoms. The molecular formula is C6H2ClF7O2. The van der Waals surface area contributed by atoms with Crippen LogP contribution in [0.3, 0.4) is 0 Å². The van der Waals surface area contributed by atoms with Gasteiger partial charge in [0.05, 0.1) is 0 Å². The Morgan fingerprint density at radius 3 is 1.81 bits per heavy atom. The molecule has 1 rings (SSSR count). The van der Waals surface area contributed by atoms with E-state index in [1.165, 1.54) is 0 Å². The third-order valence-electron chi connectivity index (χ3n) is 1.60.